The minimum atomic E-state index is -0.0423. The van der Waals surface area contributed by atoms with Crippen LogP contribution >= 0.6 is 11.6 Å². The predicted octanol–water partition coefficient (Wildman–Crippen LogP) is 3.82. The Bertz CT molecular complexity index is 944. The topological polar surface area (TPSA) is 58.1 Å². The molecule has 0 bridgehead atoms. The van der Waals surface area contributed by atoms with Crippen molar-refractivity contribution in [1.82, 2.24) is 15.3 Å². The first-order valence-electron chi connectivity index (χ1n) is 9.18. The van der Waals surface area contributed by atoms with Gasteiger partial charge in [-0.1, -0.05) is 35.9 Å². The molecule has 2 aromatic carbocycles. The zero-order chi connectivity index (χ0) is 18.6. The van der Waals surface area contributed by atoms with Crippen LogP contribution in [0.3, 0.4) is 0 Å². The number of nitrogens with one attached hydrogen (secondary N) is 1. The van der Waals surface area contributed by atoms with E-state index in [1.165, 1.54) is 0 Å². The van der Waals surface area contributed by atoms with Crippen LogP contribution in [0.15, 0.2) is 54.7 Å². The third kappa shape index (κ3) is 4.19. The Morgan fingerprint density at radius 1 is 1.15 bits per heavy atom. The molecule has 138 valence electrons. The van der Waals surface area contributed by atoms with Crippen molar-refractivity contribution in [1.29, 1.82) is 0 Å². The van der Waals surface area contributed by atoms with Crippen molar-refractivity contribution in [2.45, 2.75) is 19.4 Å². The maximum Gasteiger partial charge on any atom is 0.225 e. The van der Waals surface area contributed by atoms with Gasteiger partial charge in [0.05, 0.1) is 23.1 Å². The van der Waals surface area contributed by atoms with Crippen molar-refractivity contribution in [3.8, 4) is 0 Å². The molecule has 0 spiro atoms. The van der Waals surface area contributed by atoms with Gasteiger partial charge in [0.25, 0.3) is 0 Å². The standard InChI is InChI=1S/C21H21ClN4O/c22-17-9-7-15(8-10-17)12-24-21(27)16-4-3-11-26(14-16)20-13-23-18-5-1-2-6-19(18)25-20/h1-2,5-10,13,16H,3-4,11-12,14H2,(H,24,27)/t16-/m0/s1. The Morgan fingerprint density at radius 2 is 1.93 bits per heavy atom. The third-order valence-corrected chi connectivity index (χ3v) is 5.18. The van der Waals surface area contributed by atoms with E-state index in [1.807, 2.05) is 48.5 Å². The van der Waals surface area contributed by atoms with Gasteiger partial charge in [-0.15, -0.1) is 0 Å². The lowest BCUT2D eigenvalue weighted by atomic mass is 9.97. The number of carbonyl (C=O) groups is 1. The number of piperidine rings is 1. The Kier molecular flexibility index (Phi) is 5.21. The summed E-state index contributed by atoms with van der Waals surface area (Å²) in [4.78, 5) is 24.0. The van der Waals surface area contributed by atoms with Gasteiger partial charge in [0.15, 0.2) is 0 Å². The molecule has 1 fully saturated rings. The quantitative estimate of drug-likeness (QED) is 0.747. The van der Waals surface area contributed by atoms with Gasteiger partial charge in [0.1, 0.15) is 5.82 Å². The average molecular weight is 381 g/mol. The molecule has 1 aliphatic heterocycles. The molecule has 0 radical (unpaired) electrons. The number of amides is 1. The Balaban J connectivity index is 1.40. The number of carbonyl (C=O) groups excluding carboxylic acids is 1. The van der Waals surface area contributed by atoms with Crippen molar-refractivity contribution in [3.05, 3.63) is 65.3 Å². The first-order valence-corrected chi connectivity index (χ1v) is 9.56. The van der Waals surface area contributed by atoms with E-state index in [1.54, 1.807) is 6.20 Å². The minimum absolute atomic E-state index is 0.0423. The smallest absolute Gasteiger partial charge is 0.225 e. The lowest BCUT2D eigenvalue weighted by molar-refractivity contribution is -0.125. The first kappa shape index (κ1) is 17.7. The second kappa shape index (κ2) is 7.92. The number of benzene rings is 2. The van der Waals surface area contributed by atoms with Gasteiger partial charge in [0.2, 0.25) is 5.91 Å². The molecule has 5 nitrogen and oxygen atoms in total. The van der Waals surface area contributed by atoms with E-state index in [0.29, 0.717) is 18.1 Å². The fourth-order valence-electron chi connectivity index (χ4n) is 3.43. The number of nitrogens with zero attached hydrogens (tertiary/aromatic N) is 3. The number of rotatable bonds is 4. The van der Waals surface area contributed by atoms with Crippen LogP contribution in [0.1, 0.15) is 18.4 Å². The largest absolute Gasteiger partial charge is 0.355 e. The summed E-state index contributed by atoms with van der Waals surface area (Å²) in [6.45, 7) is 2.08. The van der Waals surface area contributed by atoms with Gasteiger partial charge in [-0.3, -0.25) is 9.78 Å². The molecule has 0 saturated carbocycles. The Hall–Kier alpha value is -2.66. The molecule has 1 saturated heterocycles. The van der Waals surface area contributed by atoms with Gasteiger partial charge >= 0.3 is 0 Å². The van der Waals surface area contributed by atoms with Gasteiger partial charge < -0.3 is 10.2 Å². The van der Waals surface area contributed by atoms with Crippen LogP contribution in [-0.2, 0) is 11.3 Å². The van der Waals surface area contributed by atoms with E-state index < -0.39 is 0 Å². The molecule has 1 amide bonds. The molecule has 1 aromatic heterocycles. The first-order chi connectivity index (χ1) is 13.2. The SMILES string of the molecule is O=C(NCc1ccc(Cl)cc1)[C@H]1CCCN(c2cnc3ccccc3n2)C1. The second-order valence-electron chi connectivity index (χ2n) is 6.85. The Morgan fingerprint density at radius 3 is 2.74 bits per heavy atom. The van der Waals surface area contributed by atoms with Crippen molar-refractivity contribution in [2.75, 3.05) is 18.0 Å². The number of fused-ring (bicyclic) bond motifs is 1. The molecule has 27 heavy (non-hydrogen) atoms. The summed E-state index contributed by atoms with van der Waals surface area (Å²) in [7, 11) is 0. The molecular formula is C21H21ClN4O. The number of aromatic nitrogens is 2. The summed E-state index contributed by atoms with van der Waals surface area (Å²) < 4.78 is 0. The molecule has 3 aromatic rings. The Labute approximate surface area is 163 Å². The van der Waals surface area contributed by atoms with Crippen LogP contribution in [-0.4, -0.2) is 29.0 Å². The number of para-hydroxylation sites is 2. The molecule has 0 unspecified atom stereocenters. The highest BCUT2D eigenvalue weighted by Crippen LogP contribution is 2.23. The summed E-state index contributed by atoms with van der Waals surface area (Å²) in [6, 6.07) is 15.4. The van der Waals surface area contributed by atoms with Crippen LogP contribution in [0.5, 0.6) is 0 Å². The maximum atomic E-state index is 12.6. The van der Waals surface area contributed by atoms with Crippen LogP contribution in [0.4, 0.5) is 5.82 Å². The van der Waals surface area contributed by atoms with E-state index in [2.05, 4.69) is 15.2 Å². The summed E-state index contributed by atoms with van der Waals surface area (Å²) in [5, 5.41) is 3.74. The highest BCUT2D eigenvalue weighted by molar-refractivity contribution is 6.30. The molecule has 4 rings (SSSR count). The van der Waals surface area contributed by atoms with Crippen molar-refractivity contribution in [2.24, 2.45) is 5.92 Å². The highest BCUT2D eigenvalue weighted by Gasteiger charge is 2.26. The zero-order valence-corrected chi connectivity index (χ0v) is 15.7. The van der Waals surface area contributed by atoms with E-state index in [-0.39, 0.29) is 11.8 Å². The third-order valence-electron chi connectivity index (χ3n) is 4.93. The fourth-order valence-corrected chi connectivity index (χ4v) is 3.56. The molecule has 0 aliphatic carbocycles. The summed E-state index contributed by atoms with van der Waals surface area (Å²) in [5.74, 6) is 0.881. The maximum absolute atomic E-state index is 12.6. The van der Waals surface area contributed by atoms with Crippen molar-refractivity contribution < 1.29 is 4.79 Å². The molecular weight excluding hydrogens is 360 g/mol. The second-order valence-corrected chi connectivity index (χ2v) is 7.28. The van der Waals surface area contributed by atoms with Gasteiger partial charge in [-0.2, -0.15) is 0 Å². The lowest BCUT2D eigenvalue weighted by Crippen LogP contribution is -2.43. The summed E-state index contributed by atoms with van der Waals surface area (Å²) in [5.41, 5.74) is 2.81. The minimum Gasteiger partial charge on any atom is -0.355 e. The van der Waals surface area contributed by atoms with Gasteiger partial charge in [-0.25, -0.2) is 4.98 Å². The summed E-state index contributed by atoms with van der Waals surface area (Å²) >= 11 is 5.90. The van der Waals surface area contributed by atoms with Gasteiger partial charge in [-0.05, 0) is 42.7 Å². The number of halogens is 1. The van der Waals surface area contributed by atoms with Crippen LogP contribution in [0.2, 0.25) is 5.02 Å². The van der Waals surface area contributed by atoms with Gasteiger partial charge in [0, 0.05) is 24.7 Å². The van der Waals surface area contributed by atoms with Crippen molar-refractivity contribution in [3.63, 3.8) is 0 Å². The number of anilines is 1. The predicted molar refractivity (Wildman–Crippen MR) is 108 cm³/mol. The van der Waals surface area contributed by atoms with Crippen molar-refractivity contribution >= 4 is 34.4 Å². The van der Waals surface area contributed by atoms with Crippen LogP contribution in [0, 0.1) is 5.92 Å². The van der Waals surface area contributed by atoms with E-state index in [4.69, 9.17) is 16.6 Å². The normalized spacial score (nSPS) is 17.1. The van der Waals surface area contributed by atoms with E-state index in [0.717, 1.165) is 41.8 Å². The molecule has 1 atom stereocenters. The van der Waals surface area contributed by atoms with E-state index >= 15 is 0 Å². The monoisotopic (exact) mass is 380 g/mol. The highest BCUT2D eigenvalue weighted by atomic mass is 35.5. The molecule has 2 heterocycles. The molecule has 1 aliphatic rings. The number of hydrogen-bond acceptors (Lipinski definition) is 4. The molecule has 1 N–H and O–H groups in total. The number of hydrogen-bond donors (Lipinski definition) is 1. The molecule has 6 heteroatoms. The lowest BCUT2D eigenvalue weighted by Gasteiger charge is -2.32. The average Bonchev–Trinajstić information content (AvgIpc) is 2.73. The zero-order valence-electron chi connectivity index (χ0n) is 14.9. The fraction of sp³-hybridized carbons (Fsp3) is 0.286. The summed E-state index contributed by atoms with van der Waals surface area (Å²) in [6.07, 6.45) is 3.66. The van der Waals surface area contributed by atoms with E-state index in [9.17, 15) is 4.79 Å². The van der Waals surface area contributed by atoms with Crippen LogP contribution in [0.25, 0.3) is 11.0 Å². The van der Waals surface area contributed by atoms with Crippen LogP contribution < -0.4 is 10.2 Å².